The van der Waals surface area contributed by atoms with Gasteiger partial charge in [-0.3, -0.25) is 0 Å². The van der Waals surface area contributed by atoms with E-state index in [2.05, 4.69) is 98.1 Å². The van der Waals surface area contributed by atoms with Crippen LogP contribution in [0.5, 0.6) is 0 Å². The Morgan fingerprint density at radius 2 is 1.15 bits per heavy atom. The zero-order valence-electron chi connectivity index (χ0n) is 23.6. The second-order valence-corrected chi connectivity index (χ2v) is 13.4. The standard InChI is InChI=1S/C38H36S2/c1-3-6-25-10-14-27(15-11-25)18-20-29-8-5-9-31-34(29)35-32-22-23-39-37(32)33-24-30(40-38(33)36(31)35)21-19-28-16-12-26(7-4-2)13-17-28/h5,8-17,22-24H,3-4,6-7,18-21H2,1-2H3. The predicted octanol–water partition coefficient (Wildman–Crippen LogP) is 11.2. The van der Waals surface area contributed by atoms with E-state index in [1.807, 2.05) is 22.7 Å². The summed E-state index contributed by atoms with van der Waals surface area (Å²) in [5.74, 6) is 0. The van der Waals surface area contributed by atoms with Crippen molar-refractivity contribution in [3.8, 4) is 22.3 Å². The van der Waals surface area contributed by atoms with Crippen molar-refractivity contribution in [3.05, 3.63) is 117 Å². The van der Waals surface area contributed by atoms with E-state index in [9.17, 15) is 0 Å². The second-order valence-electron chi connectivity index (χ2n) is 11.3. The predicted molar refractivity (Wildman–Crippen MR) is 177 cm³/mol. The van der Waals surface area contributed by atoms with Gasteiger partial charge in [-0.05, 0) is 95.0 Å². The van der Waals surface area contributed by atoms with Crippen LogP contribution in [0.4, 0.5) is 0 Å². The summed E-state index contributed by atoms with van der Waals surface area (Å²) >= 11 is 3.94. The smallest absolute Gasteiger partial charge is 0.0445 e. The molecule has 1 aliphatic rings. The molecule has 0 bridgehead atoms. The normalized spacial score (nSPS) is 12.1. The summed E-state index contributed by atoms with van der Waals surface area (Å²) in [6.07, 6.45) is 9.16. The zero-order chi connectivity index (χ0) is 27.1. The van der Waals surface area contributed by atoms with Gasteiger partial charge in [0.15, 0.2) is 0 Å². The van der Waals surface area contributed by atoms with E-state index >= 15 is 0 Å². The lowest BCUT2D eigenvalue weighted by atomic mass is 9.75. The zero-order valence-corrected chi connectivity index (χ0v) is 25.2. The summed E-state index contributed by atoms with van der Waals surface area (Å²) in [5.41, 5.74) is 13.3. The minimum atomic E-state index is 1.09. The first-order chi connectivity index (χ1) is 19.7. The minimum absolute atomic E-state index is 1.09. The molecule has 0 radical (unpaired) electrons. The molecule has 2 aromatic heterocycles. The number of benzene rings is 4. The summed E-state index contributed by atoms with van der Waals surface area (Å²) in [7, 11) is 0. The minimum Gasteiger partial charge on any atom is -0.143 e. The summed E-state index contributed by atoms with van der Waals surface area (Å²) in [4.78, 5) is 1.51. The summed E-state index contributed by atoms with van der Waals surface area (Å²) in [5, 5.41) is 5.20. The fraction of sp³-hybridized carbons (Fsp3) is 0.263. The Labute approximate surface area is 246 Å². The van der Waals surface area contributed by atoms with Crippen molar-refractivity contribution in [3.63, 3.8) is 0 Å². The Kier molecular flexibility index (Phi) is 7.08. The Balaban J connectivity index is 1.17. The molecule has 40 heavy (non-hydrogen) atoms. The number of aryl methyl sites for hydroxylation is 6. The molecule has 0 nitrogen and oxygen atoms in total. The first kappa shape index (κ1) is 25.7. The van der Waals surface area contributed by atoms with Crippen LogP contribution in [0.25, 0.3) is 42.4 Å². The summed E-state index contributed by atoms with van der Waals surface area (Å²) < 4.78 is 2.96. The maximum atomic E-state index is 2.49. The highest BCUT2D eigenvalue weighted by atomic mass is 32.1. The van der Waals surface area contributed by atoms with Crippen LogP contribution in [0.3, 0.4) is 0 Å². The maximum absolute atomic E-state index is 2.49. The van der Waals surface area contributed by atoms with Gasteiger partial charge in [0.25, 0.3) is 0 Å². The van der Waals surface area contributed by atoms with Crippen molar-refractivity contribution in [2.45, 2.75) is 65.2 Å². The maximum Gasteiger partial charge on any atom is 0.0445 e. The van der Waals surface area contributed by atoms with Gasteiger partial charge in [-0.15, -0.1) is 22.7 Å². The van der Waals surface area contributed by atoms with Crippen molar-refractivity contribution in [1.82, 2.24) is 0 Å². The van der Waals surface area contributed by atoms with Gasteiger partial charge in [0.05, 0.1) is 0 Å². The molecule has 2 heteroatoms. The summed E-state index contributed by atoms with van der Waals surface area (Å²) in [6.45, 7) is 4.50. The van der Waals surface area contributed by atoms with E-state index in [0.29, 0.717) is 0 Å². The number of fused-ring (bicyclic) bond motifs is 9. The third-order valence-electron chi connectivity index (χ3n) is 8.58. The molecule has 2 heterocycles. The molecule has 0 N–H and O–H groups in total. The molecule has 4 aromatic carbocycles. The fourth-order valence-corrected chi connectivity index (χ4v) is 8.74. The van der Waals surface area contributed by atoms with Crippen molar-refractivity contribution >= 4 is 42.8 Å². The molecule has 7 rings (SSSR count). The number of hydrogen-bond donors (Lipinski definition) is 0. The van der Waals surface area contributed by atoms with Crippen LogP contribution in [0.2, 0.25) is 0 Å². The average molecular weight is 557 g/mol. The van der Waals surface area contributed by atoms with Gasteiger partial charge in [0.2, 0.25) is 0 Å². The van der Waals surface area contributed by atoms with Gasteiger partial charge in [0.1, 0.15) is 0 Å². The Morgan fingerprint density at radius 3 is 1.80 bits per heavy atom. The summed E-state index contributed by atoms with van der Waals surface area (Å²) in [6, 6.07) is 30.5. The van der Waals surface area contributed by atoms with E-state index in [1.165, 1.54) is 101 Å². The van der Waals surface area contributed by atoms with Crippen LogP contribution in [0, 0.1) is 0 Å². The van der Waals surface area contributed by atoms with Crippen molar-refractivity contribution < 1.29 is 0 Å². The van der Waals surface area contributed by atoms with Gasteiger partial charge >= 0.3 is 0 Å². The molecule has 200 valence electrons. The monoisotopic (exact) mass is 556 g/mol. The average Bonchev–Trinajstić information content (AvgIpc) is 3.61. The number of thiophene rings is 2. The molecule has 0 atom stereocenters. The molecule has 0 saturated carbocycles. The molecule has 1 aliphatic carbocycles. The Bertz CT molecular complexity index is 1800. The molecule has 0 saturated heterocycles. The molecular weight excluding hydrogens is 521 g/mol. The van der Waals surface area contributed by atoms with Crippen LogP contribution in [0.15, 0.2) is 84.2 Å². The highest BCUT2D eigenvalue weighted by molar-refractivity contribution is 7.22. The third kappa shape index (κ3) is 4.62. The SMILES string of the molecule is CCCc1ccc(CCc2cc3c(s2)c2c(c4ccsc43)-c3c(CCc4ccc(CCC)cc4)cccc3-2)cc1. The Morgan fingerprint density at radius 1 is 0.525 bits per heavy atom. The highest BCUT2D eigenvalue weighted by Gasteiger charge is 2.31. The highest BCUT2D eigenvalue weighted by Crippen LogP contribution is 2.58. The Hall–Kier alpha value is -3.20. The lowest BCUT2D eigenvalue weighted by molar-refractivity contribution is 0.914. The van der Waals surface area contributed by atoms with Gasteiger partial charge in [-0.1, -0.05) is 93.4 Å². The van der Waals surface area contributed by atoms with Crippen LogP contribution >= 0.6 is 22.7 Å². The van der Waals surface area contributed by atoms with E-state index in [0.717, 1.165) is 25.7 Å². The van der Waals surface area contributed by atoms with E-state index in [-0.39, 0.29) is 0 Å². The molecule has 0 aliphatic heterocycles. The van der Waals surface area contributed by atoms with Crippen molar-refractivity contribution in [2.24, 2.45) is 0 Å². The van der Waals surface area contributed by atoms with Crippen LogP contribution in [-0.2, 0) is 38.5 Å². The van der Waals surface area contributed by atoms with Gasteiger partial charge in [-0.25, -0.2) is 0 Å². The third-order valence-corrected chi connectivity index (χ3v) is 10.7. The van der Waals surface area contributed by atoms with Gasteiger partial charge in [-0.2, -0.15) is 0 Å². The second kappa shape index (κ2) is 11.0. The van der Waals surface area contributed by atoms with E-state index in [4.69, 9.17) is 0 Å². The van der Waals surface area contributed by atoms with E-state index in [1.54, 1.807) is 0 Å². The lowest BCUT2D eigenvalue weighted by Crippen LogP contribution is -2.05. The molecule has 0 fully saturated rings. The van der Waals surface area contributed by atoms with Gasteiger partial charge in [0, 0.05) is 36.2 Å². The molecule has 0 amide bonds. The fourth-order valence-electron chi connectivity index (χ4n) is 6.52. The number of hydrogen-bond acceptors (Lipinski definition) is 2. The number of rotatable bonds is 10. The molecule has 6 aromatic rings. The van der Waals surface area contributed by atoms with Crippen LogP contribution < -0.4 is 0 Å². The van der Waals surface area contributed by atoms with Crippen LogP contribution in [0.1, 0.15) is 59.4 Å². The lowest BCUT2D eigenvalue weighted by Gasteiger charge is -2.29. The first-order valence-electron chi connectivity index (χ1n) is 15.0. The van der Waals surface area contributed by atoms with Gasteiger partial charge < -0.3 is 0 Å². The topological polar surface area (TPSA) is 0 Å². The van der Waals surface area contributed by atoms with Crippen molar-refractivity contribution in [1.29, 1.82) is 0 Å². The quantitative estimate of drug-likeness (QED) is 0.157. The molecule has 0 unspecified atom stereocenters. The van der Waals surface area contributed by atoms with E-state index < -0.39 is 0 Å². The van der Waals surface area contributed by atoms with Crippen LogP contribution in [-0.4, -0.2) is 0 Å². The first-order valence-corrected chi connectivity index (χ1v) is 16.7. The van der Waals surface area contributed by atoms with Crippen molar-refractivity contribution in [2.75, 3.05) is 0 Å². The molecular formula is C38H36S2. The molecule has 0 spiro atoms. The largest absolute Gasteiger partial charge is 0.143 e.